The standard InChI is InChI=1S/C14H22N2O3/c1-19-11(17)6-9-16-12(10-4-2-3-5-10)15-14(7-8-14)13(16)18/h10,12,15H,2-9H2,1H3. The van der Waals surface area contributed by atoms with E-state index in [0.29, 0.717) is 18.9 Å². The van der Waals surface area contributed by atoms with Crippen LogP contribution >= 0.6 is 0 Å². The van der Waals surface area contributed by atoms with Gasteiger partial charge >= 0.3 is 5.97 Å². The summed E-state index contributed by atoms with van der Waals surface area (Å²) in [7, 11) is 1.39. The van der Waals surface area contributed by atoms with Crippen LogP contribution in [-0.4, -0.2) is 42.1 Å². The monoisotopic (exact) mass is 266 g/mol. The first-order chi connectivity index (χ1) is 9.16. The molecule has 5 heteroatoms. The quantitative estimate of drug-likeness (QED) is 0.772. The van der Waals surface area contributed by atoms with Gasteiger partial charge in [0.15, 0.2) is 0 Å². The fourth-order valence-corrected chi connectivity index (χ4v) is 3.51. The van der Waals surface area contributed by atoms with Crippen LogP contribution < -0.4 is 5.32 Å². The molecule has 2 saturated carbocycles. The van der Waals surface area contributed by atoms with Gasteiger partial charge in [0.05, 0.1) is 25.2 Å². The first kappa shape index (κ1) is 12.9. The summed E-state index contributed by atoms with van der Waals surface area (Å²) in [5, 5.41) is 3.55. The lowest BCUT2D eigenvalue weighted by atomic mass is 10.0. The Morgan fingerprint density at radius 1 is 1.42 bits per heavy atom. The van der Waals surface area contributed by atoms with Crippen molar-refractivity contribution in [2.45, 2.75) is 56.7 Å². The predicted octanol–water partition coefficient (Wildman–Crippen LogP) is 1.03. The molecule has 106 valence electrons. The Hall–Kier alpha value is -1.10. The highest BCUT2D eigenvalue weighted by Crippen LogP contribution is 2.45. The van der Waals surface area contributed by atoms with Gasteiger partial charge in [0, 0.05) is 6.54 Å². The average molecular weight is 266 g/mol. The second-order valence-electron chi connectivity index (χ2n) is 6.04. The van der Waals surface area contributed by atoms with Crippen LogP contribution in [0.3, 0.4) is 0 Å². The van der Waals surface area contributed by atoms with Crippen LogP contribution in [-0.2, 0) is 14.3 Å². The van der Waals surface area contributed by atoms with E-state index in [1.165, 1.54) is 32.8 Å². The molecular weight excluding hydrogens is 244 g/mol. The van der Waals surface area contributed by atoms with Crippen LogP contribution in [0, 0.1) is 5.92 Å². The van der Waals surface area contributed by atoms with E-state index in [4.69, 9.17) is 0 Å². The Kier molecular flexibility index (Phi) is 3.25. The van der Waals surface area contributed by atoms with Crippen molar-refractivity contribution in [3.8, 4) is 0 Å². The molecule has 2 aliphatic carbocycles. The topological polar surface area (TPSA) is 58.6 Å². The van der Waals surface area contributed by atoms with Crippen molar-refractivity contribution in [1.29, 1.82) is 0 Å². The van der Waals surface area contributed by atoms with Crippen molar-refractivity contribution < 1.29 is 14.3 Å². The molecule has 1 heterocycles. The maximum atomic E-state index is 12.5. The molecule has 3 fully saturated rings. The second-order valence-corrected chi connectivity index (χ2v) is 6.04. The molecular formula is C14H22N2O3. The molecule has 1 unspecified atom stereocenters. The minimum atomic E-state index is -0.274. The Bertz CT molecular complexity index is 386. The van der Waals surface area contributed by atoms with E-state index in [9.17, 15) is 9.59 Å². The maximum absolute atomic E-state index is 12.5. The van der Waals surface area contributed by atoms with Crippen molar-refractivity contribution in [1.82, 2.24) is 10.2 Å². The van der Waals surface area contributed by atoms with Crippen molar-refractivity contribution in [3.63, 3.8) is 0 Å². The zero-order chi connectivity index (χ0) is 13.5. The van der Waals surface area contributed by atoms with E-state index >= 15 is 0 Å². The van der Waals surface area contributed by atoms with Crippen molar-refractivity contribution in [3.05, 3.63) is 0 Å². The number of carbonyl (C=O) groups excluding carboxylic acids is 2. The number of amides is 1. The number of carbonyl (C=O) groups is 2. The van der Waals surface area contributed by atoms with Crippen LogP contribution in [0.2, 0.25) is 0 Å². The van der Waals surface area contributed by atoms with Gasteiger partial charge in [0.1, 0.15) is 0 Å². The summed E-state index contributed by atoms with van der Waals surface area (Å²) in [4.78, 5) is 25.7. The first-order valence-electron chi connectivity index (χ1n) is 7.32. The third-order valence-corrected chi connectivity index (χ3v) is 4.81. The lowest BCUT2D eigenvalue weighted by molar-refractivity contribution is -0.141. The highest BCUT2D eigenvalue weighted by Gasteiger charge is 2.60. The average Bonchev–Trinajstić information content (AvgIpc) is 2.89. The Labute approximate surface area is 113 Å². The molecule has 1 amide bonds. The van der Waals surface area contributed by atoms with E-state index in [0.717, 1.165) is 12.8 Å². The molecule has 1 N–H and O–H groups in total. The maximum Gasteiger partial charge on any atom is 0.307 e. The third-order valence-electron chi connectivity index (χ3n) is 4.81. The van der Waals surface area contributed by atoms with Gasteiger partial charge in [-0.15, -0.1) is 0 Å². The van der Waals surface area contributed by atoms with Crippen LogP contribution in [0.4, 0.5) is 0 Å². The molecule has 1 saturated heterocycles. The molecule has 0 bridgehead atoms. The number of hydrogen-bond acceptors (Lipinski definition) is 4. The lowest BCUT2D eigenvalue weighted by Crippen LogP contribution is -2.43. The molecule has 1 atom stereocenters. The van der Waals surface area contributed by atoms with Crippen LogP contribution in [0.25, 0.3) is 0 Å². The van der Waals surface area contributed by atoms with Gasteiger partial charge in [-0.05, 0) is 31.6 Å². The molecule has 1 aliphatic heterocycles. The summed E-state index contributed by atoms with van der Waals surface area (Å²) in [5.74, 6) is 0.518. The van der Waals surface area contributed by atoms with Gasteiger partial charge in [-0.2, -0.15) is 0 Å². The third kappa shape index (κ3) is 2.24. The minimum absolute atomic E-state index is 0.141. The van der Waals surface area contributed by atoms with Crippen LogP contribution in [0.15, 0.2) is 0 Å². The number of methoxy groups -OCH3 is 1. The summed E-state index contributed by atoms with van der Waals surface area (Å²) < 4.78 is 4.68. The zero-order valence-electron chi connectivity index (χ0n) is 11.5. The number of nitrogens with zero attached hydrogens (tertiary/aromatic N) is 1. The van der Waals surface area contributed by atoms with E-state index in [2.05, 4.69) is 10.1 Å². The number of nitrogens with one attached hydrogen (secondary N) is 1. The van der Waals surface area contributed by atoms with Crippen molar-refractivity contribution >= 4 is 11.9 Å². The smallest absolute Gasteiger partial charge is 0.307 e. The lowest BCUT2D eigenvalue weighted by Gasteiger charge is -2.28. The SMILES string of the molecule is COC(=O)CCN1C(=O)C2(CC2)NC1C1CCCC1. The molecule has 0 aromatic rings. The number of hydrogen-bond donors (Lipinski definition) is 1. The number of rotatable bonds is 4. The van der Waals surface area contributed by atoms with Crippen LogP contribution in [0.1, 0.15) is 44.9 Å². The summed E-state index contributed by atoms with van der Waals surface area (Å²) in [6.45, 7) is 0.488. The molecule has 3 rings (SSSR count). The van der Waals surface area contributed by atoms with Crippen molar-refractivity contribution in [2.75, 3.05) is 13.7 Å². The minimum Gasteiger partial charge on any atom is -0.469 e. The van der Waals surface area contributed by atoms with Crippen LogP contribution in [0.5, 0.6) is 0 Å². The highest BCUT2D eigenvalue weighted by atomic mass is 16.5. The largest absolute Gasteiger partial charge is 0.469 e. The van der Waals surface area contributed by atoms with E-state index in [1.54, 1.807) is 0 Å². The molecule has 1 spiro atoms. The molecule has 0 aromatic heterocycles. The first-order valence-corrected chi connectivity index (χ1v) is 7.32. The summed E-state index contributed by atoms with van der Waals surface area (Å²) >= 11 is 0. The predicted molar refractivity (Wildman–Crippen MR) is 69.2 cm³/mol. The van der Waals surface area contributed by atoms with Crippen molar-refractivity contribution in [2.24, 2.45) is 5.92 Å². The van der Waals surface area contributed by atoms with Gasteiger partial charge in [-0.3, -0.25) is 14.9 Å². The molecule has 0 radical (unpaired) electrons. The normalized spacial score (nSPS) is 29.2. The zero-order valence-corrected chi connectivity index (χ0v) is 11.5. The molecule has 5 nitrogen and oxygen atoms in total. The Balaban J connectivity index is 1.69. The van der Waals surface area contributed by atoms with E-state index in [-0.39, 0.29) is 23.6 Å². The highest BCUT2D eigenvalue weighted by molar-refractivity contribution is 5.92. The Morgan fingerprint density at radius 2 is 2.11 bits per heavy atom. The fraction of sp³-hybridized carbons (Fsp3) is 0.857. The van der Waals surface area contributed by atoms with E-state index < -0.39 is 0 Å². The fourth-order valence-electron chi connectivity index (χ4n) is 3.51. The number of esters is 1. The van der Waals surface area contributed by atoms with Gasteiger partial charge in [0.25, 0.3) is 0 Å². The number of ether oxygens (including phenoxy) is 1. The molecule has 19 heavy (non-hydrogen) atoms. The second kappa shape index (κ2) is 4.78. The summed E-state index contributed by atoms with van der Waals surface area (Å²) in [6.07, 6.45) is 7.23. The van der Waals surface area contributed by atoms with Gasteiger partial charge < -0.3 is 9.64 Å². The summed E-state index contributed by atoms with van der Waals surface area (Å²) in [6, 6.07) is 0. The van der Waals surface area contributed by atoms with Gasteiger partial charge in [-0.25, -0.2) is 0 Å². The van der Waals surface area contributed by atoms with Gasteiger partial charge in [-0.1, -0.05) is 12.8 Å². The van der Waals surface area contributed by atoms with Gasteiger partial charge in [0.2, 0.25) is 5.91 Å². The Morgan fingerprint density at radius 3 is 2.68 bits per heavy atom. The molecule has 0 aromatic carbocycles. The van der Waals surface area contributed by atoms with E-state index in [1.807, 2.05) is 4.90 Å². The molecule has 3 aliphatic rings. The summed E-state index contributed by atoms with van der Waals surface area (Å²) in [5.41, 5.74) is -0.274.